The first-order valence-corrected chi connectivity index (χ1v) is 6.53. The molecule has 0 aromatic heterocycles. The van der Waals surface area contributed by atoms with Crippen molar-refractivity contribution >= 4 is 17.7 Å². The Labute approximate surface area is 125 Å². The Hall–Kier alpha value is -2.25. The average Bonchev–Trinajstić information content (AvgIpc) is 2.45. The molecule has 22 heavy (non-hydrogen) atoms. The van der Waals surface area contributed by atoms with Crippen molar-refractivity contribution in [2.45, 2.75) is 25.9 Å². The Balaban J connectivity index is 3.12. The number of hydrogen-bond acceptors (Lipinski definition) is 4. The van der Waals surface area contributed by atoms with E-state index in [-0.39, 0.29) is 6.61 Å². The molecule has 1 aromatic carbocycles. The van der Waals surface area contributed by atoms with Crippen molar-refractivity contribution in [3.63, 3.8) is 0 Å². The highest BCUT2D eigenvalue weighted by Gasteiger charge is 2.36. The quantitative estimate of drug-likeness (QED) is 0.661. The Morgan fingerprint density at radius 3 is 2.50 bits per heavy atom. The van der Waals surface area contributed by atoms with Crippen LogP contribution in [0.2, 0.25) is 0 Å². The highest BCUT2D eigenvalue weighted by Crippen LogP contribution is 2.37. The molecule has 8 heteroatoms. The number of ether oxygens (including phenoxy) is 2. The summed E-state index contributed by atoms with van der Waals surface area (Å²) in [5.74, 6) is -0.991. The molecule has 0 atom stereocenters. The lowest BCUT2D eigenvalue weighted by Gasteiger charge is -2.16. The van der Waals surface area contributed by atoms with Crippen LogP contribution in [0.3, 0.4) is 0 Å². The van der Waals surface area contributed by atoms with Gasteiger partial charge in [-0.3, -0.25) is 5.32 Å². The van der Waals surface area contributed by atoms with E-state index in [2.05, 4.69) is 4.74 Å². The molecule has 122 valence electrons. The minimum Gasteiger partial charge on any atom is -0.465 e. The number of para-hydroxylation sites is 1. The summed E-state index contributed by atoms with van der Waals surface area (Å²) >= 11 is 0. The van der Waals surface area contributed by atoms with E-state index in [1.54, 1.807) is 0 Å². The van der Waals surface area contributed by atoms with Gasteiger partial charge in [-0.15, -0.1) is 0 Å². The Morgan fingerprint density at radius 2 is 1.95 bits per heavy atom. The molecule has 0 unspecified atom stereocenters. The number of esters is 1. The van der Waals surface area contributed by atoms with E-state index >= 15 is 0 Å². The summed E-state index contributed by atoms with van der Waals surface area (Å²) in [6, 6.07) is 2.94. The summed E-state index contributed by atoms with van der Waals surface area (Å²) in [6.45, 7) is 1.94. The molecule has 0 aliphatic carbocycles. The van der Waals surface area contributed by atoms with Gasteiger partial charge in [0.1, 0.15) is 0 Å². The molecule has 0 radical (unpaired) electrons. The zero-order valence-electron chi connectivity index (χ0n) is 12.1. The molecule has 5 nitrogen and oxygen atoms in total. The number of nitrogens with one attached hydrogen (secondary N) is 1. The molecule has 0 saturated carbocycles. The largest absolute Gasteiger partial charge is 0.465 e. The maximum Gasteiger partial charge on any atom is 0.418 e. The van der Waals surface area contributed by atoms with E-state index in [4.69, 9.17) is 4.74 Å². The van der Waals surface area contributed by atoms with Gasteiger partial charge in [-0.05, 0) is 18.6 Å². The van der Waals surface area contributed by atoms with Crippen LogP contribution in [0.15, 0.2) is 18.2 Å². The van der Waals surface area contributed by atoms with E-state index in [0.717, 1.165) is 31.7 Å². The van der Waals surface area contributed by atoms with Crippen molar-refractivity contribution in [3.05, 3.63) is 29.3 Å². The van der Waals surface area contributed by atoms with Crippen LogP contribution in [0, 0.1) is 0 Å². The topological polar surface area (TPSA) is 64.6 Å². The summed E-state index contributed by atoms with van der Waals surface area (Å²) in [7, 11) is 1.03. The van der Waals surface area contributed by atoms with E-state index in [9.17, 15) is 22.8 Å². The monoisotopic (exact) mass is 319 g/mol. The number of unbranched alkanes of at least 4 members (excludes halogenated alkanes) is 1. The molecule has 1 rings (SSSR count). The second kappa shape index (κ2) is 7.67. The minimum atomic E-state index is -4.74. The maximum atomic E-state index is 13.0. The number of halogens is 3. The number of anilines is 1. The molecule has 1 N–H and O–H groups in total. The van der Waals surface area contributed by atoms with Gasteiger partial charge in [-0.1, -0.05) is 19.4 Å². The second-order valence-corrected chi connectivity index (χ2v) is 4.33. The van der Waals surface area contributed by atoms with Crippen LogP contribution >= 0.6 is 0 Å². The van der Waals surface area contributed by atoms with E-state index < -0.39 is 35.1 Å². The number of rotatable bonds is 5. The third-order valence-corrected chi connectivity index (χ3v) is 2.73. The molecular weight excluding hydrogens is 303 g/mol. The van der Waals surface area contributed by atoms with Crippen LogP contribution in [-0.4, -0.2) is 25.8 Å². The fraction of sp³-hybridized carbons (Fsp3) is 0.429. The fourth-order valence-corrected chi connectivity index (χ4v) is 1.65. The van der Waals surface area contributed by atoms with Gasteiger partial charge in [0, 0.05) is 0 Å². The van der Waals surface area contributed by atoms with E-state index in [1.165, 1.54) is 0 Å². The molecule has 0 saturated heterocycles. The van der Waals surface area contributed by atoms with Gasteiger partial charge in [-0.2, -0.15) is 13.2 Å². The number of carbonyl (C=O) groups is 2. The standard InChI is InChI=1S/C14H16F3NO4/c1-3-4-8-22-13(20)18-11-9(12(19)21-2)6-5-7-10(11)14(15,16)17/h5-7H,3-4,8H2,1-2H3,(H,18,20). The molecule has 0 fully saturated rings. The lowest BCUT2D eigenvalue weighted by atomic mass is 10.1. The number of carbonyl (C=O) groups excluding carboxylic acids is 2. The smallest absolute Gasteiger partial charge is 0.418 e. The van der Waals surface area contributed by atoms with Gasteiger partial charge in [0.2, 0.25) is 0 Å². The first-order valence-electron chi connectivity index (χ1n) is 6.53. The van der Waals surface area contributed by atoms with Crippen LogP contribution in [0.1, 0.15) is 35.7 Å². The van der Waals surface area contributed by atoms with Gasteiger partial charge in [0.15, 0.2) is 0 Å². The third-order valence-electron chi connectivity index (χ3n) is 2.73. The summed E-state index contributed by atoms with van der Waals surface area (Å²) in [5, 5.41) is 1.98. The van der Waals surface area contributed by atoms with Crippen molar-refractivity contribution in [1.82, 2.24) is 0 Å². The van der Waals surface area contributed by atoms with Crippen molar-refractivity contribution in [2.24, 2.45) is 0 Å². The van der Waals surface area contributed by atoms with Crippen molar-refractivity contribution < 1.29 is 32.2 Å². The number of alkyl halides is 3. The zero-order valence-corrected chi connectivity index (χ0v) is 12.1. The predicted molar refractivity (Wildman–Crippen MR) is 72.7 cm³/mol. The van der Waals surface area contributed by atoms with Gasteiger partial charge in [0.05, 0.1) is 30.5 Å². The van der Waals surface area contributed by atoms with E-state index in [0.29, 0.717) is 6.42 Å². The molecule has 0 spiro atoms. The highest BCUT2D eigenvalue weighted by atomic mass is 19.4. The summed E-state index contributed by atoms with van der Waals surface area (Å²) in [5.41, 5.74) is -2.23. The number of amides is 1. The summed E-state index contributed by atoms with van der Waals surface area (Å²) < 4.78 is 48.2. The first kappa shape index (κ1) is 17.8. The Morgan fingerprint density at radius 1 is 1.27 bits per heavy atom. The Kier molecular flexibility index (Phi) is 6.21. The van der Waals surface area contributed by atoms with Gasteiger partial charge in [0.25, 0.3) is 0 Å². The van der Waals surface area contributed by atoms with Crippen molar-refractivity contribution in [3.8, 4) is 0 Å². The van der Waals surface area contributed by atoms with Crippen molar-refractivity contribution in [2.75, 3.05) is 19.0 Å². The van der Waals surface area contributed by atoms with Crippen molar-refractivity contribution in [1.29, 1.82) is 0 Å². The molecule has 0 heterocycles. The summed E-state index contributed by atoms with van der Waals surface area (Å²) in [6.07, 6.45) is -4.45. The average molecular weight is 319 g/mol. The van der Waals surface area contributed by atoms with Crippen LogP contribution in [0.4, 0.5) is 23.7 Å². The normalized spacial score (nSPS) is 11.0. The molecule has 0 aliphatic heterocycles. The van der Waals surface area contributed by atoms with E-state index in [1.807, 2.05) is 12.2 Å². The van der Waals surface area contributed by atoms with Crippen LogP contribution in [0.5, 0.6) is 0 Å². The maximum absolute atomic E-state index is 13.0. The number of hydrogen-bond donors (Lipinski definition) is 1. The van der Waals surface area contributed by atoms with Gasteiger partial charge >= 0.3 is 18.2 Å². The third kappa shape index (κ3) is 4.64. The molecular formula is C14H16F3NO4. The SMILES string of the molecule is CCCCOC(=O)Nc1c(C(=O)OC)cccc1C(F)(F)F. The van der Waals surface area contributed by atoms with Gasteiger partial charge < -0.3 is 9.47 Å². The molecule has 0 aliphatic rings. The zero-order chi connectivity index (χ0) is 16.8. The molecule has 1 aromatic rings. The van der Waals surface area contributed by atoms with Crippen LogP contribution < -0.4 is 5.32 Å². The Bertz CT molecular complexity index is 543. The summed E-state index contributed by atoms with van der Waals surface area (Å²) in [4.78, 5) is 23.2. The van der Waals surface area contributed by atoms with Crippen LogP contribution in [-0.2, 0) is 15.7 Å². The number of benzene rings is 1. The predicted octanol–water partition coefficient (Wildman–Crippen LogP) is 3.84. The lowest BCUT2D eigenvalue weighted by molar-refractivity contribution is -0.136. The second-order valence-electron chi connectivity index (χ2n) is 4.33. The highest BCUT2D eigenvalue weighted by molar-refractivity contribution is 6.00. The van der Waals surface area contributed by atoms with Gasteiger partial charge in [-0.25, -0.2) is 9.59 Å². The first-order chi connectivity index (χ1) is 10.3. The number of methoxy groups -OCH3 is 1. The molecule has 0 bridgehead atoms. The molecule has 1 amide bonds. The fourth-order valence-electron chi connectivity index (χ4n) is 1.65. The lowest BCUT2D eigenvalue weighted by Crippen LogP contribution is -2.21. The van der Waals surface area contributed by atoms with Crippen LogP contribution in [0.25, 0.3) is 0 Å². The minimum absolute atomic E-state index is 0.0735.